The highest BCUT2D eigenvalue weighted by Crippen LogP contribution is 2.29. The molecular formula is C17H28N4O2. The molecule has 23 heavy (non-hydrogen) atoms. The molecule has 2 fully saturated rings. The summed E-state index contributed by atoms with van der Waals surface area (Å²) in [6.07, 6.45) is 8.94. The summed E-state index contributed by atoms with van der Waals surface area (Å²) in [5.41, 5.74) is 0.146. The molecule has 1 saturated heterocycles. The van der Waals surface area contributed by atoms with Crippen LogP contribution in [0.25, 0.3) is 0 Å². The van der Waals surface area contributed by atoms with Gasteiger partial charge in [-0.15, -0.1) is 0 Å². The molecule has 6 nitrogen and oxygen atoms in total. The van der Waals surface area contributed by atoms with E-state index in [1.165, 1.54) is 25.7 Å². The lowest BCUT2D eigenvalue weighted by Crippen LogP contribution is -2.49. The molecule has 2 heterocycles. The van der Waals surface area contributed by atoms with Gasteiger partial charge in [-0.25, -0.2) is 0 Å². The maximum atomic E-state index is 11.6. The number of aliphatic hydroxyl groups is 1. The van der Waals surface area contributed by atoms with Crippen molar-refractivity contribution in [3.8, 4) is 0 Å². The van der Waals surface area contributed by atoms with Gasteiger partial charge >= 0.3 is 0 Å². The van der Waals surface area contributed by atoms with E-state index in [0.717, 1.165) is 25.2 Å². The topological polar surface area (TPSA) is 70.4 Å². The molecule has 2 N–H and O–H groups in total. The molecule has 0 spiro atoms. The van der Waals surface area contributed by atoms with Gasteiger partial charge in [0.1, 0.15) is 0 Å². The Morgan fingerprint density at radius 3 is 2.96 bits per heavy atom. The molecular weight excluding hydrogens is 292 g/mol. The van der Waals surface area contributed by atoms with Crippen molar-refractivity contribution in [1.29, 1.82) is 0 Å². The third kappa shape index (κ3) is 4.12. The van der Waals surface area contributed by atoms with Gasteiger partial charge in [0.2, 0.25) is 5.91 Å². The lowest BCUT2D eigenvalue weighted by molar-refractivity contribution is -0.128. The van der Waals surface area contributed by atoms with Gasteiger partial charge in [-0.05, 0) is 38.3 Å². The highest BCUT2D eigenvalue weighted by atomic mass is 16.3. The van der Waals surface area contributed by atoms with Gasteiger partial charge < -0.3 is 10.4 Å². The SMILES string of the molecule is CNC(=O)CC1(O)CCCN(Cc2ccn(C3CCCC3)n2)C1. The van der Waals surface area contributed by atoms with Gasteiger partial charge in [0.05, 0.1) is 23.8 Å². The van der Waals surface area contributed by atoms with Crippen LogP contribution in [0.15, 0.2) is 12.3 Å². The molecule has 0 bridgehead atoms. The standard InChI is InChI=1S/C17H28N4O2/c1-18-16(22)11-17(23)8-4-9-20(13-17)12-14-7-10-21(19-14)15-5-2-3-6-15/h7,10,15,23H,2-6,8-9,11-13H2,1H3,(H,18,22). The summed E-state index contributed by atoms with van der Waals surface area (Å²) in [5.74, 6) is -0.0974. The number of carbonyl (C=O) groups excluding carboxylic acids is 1. The first-order valence-electron chi connectivity index (χ1n) is 8.77. The Balaban J connectivity index is 1.58. The van der Waals surface area contributed by atoms with Crippen LogP contribution in [0, 0.1) is 0 Å². The number of amides is 1. The van der Waals surface area contributed by atoms with Crippen molar-refractivity contribution < 1.29 is 9.90 Å². The molecule has 1 aromatic heterocycles. The van der Waals surface area contributed by atoms with Crippen LogP contribution in [-0.4, -0.2) is 51.4 Å². The van der Waals surface area contributed by atoms with E-state index in [1.54, 1.807) is 7.05 Å². The molecule has 1 aliphatic heterocycles. The van der Waals surface area contributed by atoms with Crippen LogP contribution >= 0.6 is 0 Å². The Morgan fingerprint density at radius 2 is 2.22 bits per heavy atom. The average Bonchev–Trinajstić information content (AvgIpc) is 3.17. The van der Waals surface area contributed by atoms with E-state index in [1.807, 2.05) is 0 Å². The number of nitrogens with one attached hydrogen (secondary N) is 1. The summed E-state index contributed by atoms with van der Waals surface area (Å²) in [6.45, 7) is 2.23. The molecule has 0 radical (unpaired) electrons. The fraction of sp³-hybridized carbons (Fsp3) is 0.765. The fourth-order valence-electron chi connectivity index (χ4n) is 3.94. The van der Waals surface area contributed by atoms with Crippen LogP contribution in [-0.2, 0) is 11.3 Å². The number of rotatable bonds is 5. The highest BCUT2D eigenvalue weighted by Gasteiger charge is 2.35. The summed E-state index contributed by atoms with van der Waals surface area (Å²) in [4.78, 5) is 13.8. The molecule has 6 heteroatoms. The van der Waals surface area contributed by atoms with Crippen LogP contribution in [0.3, 0.4) is 0 Å². The highest BCUT2D eigenvalue weighted by molar-refractivity contribution is 5.76. The van der Waals surface area contributed by atoms with E-state index < -0.39 is 5.60 Å². The molecule has 1 aliphatic carbocycles. The Labute approximate surface area is 137 Å². The Bertz CT molecular complexity index is 538. The lowest BCUT2D eigenvalue weighted by atomic mass is 9.89. The number of β-amino-alcohol motifs (C(OH)–C–C–N with tert-alkyl or cyclic N) is 1. The van der Waals surface area contributed by atoms with E-state index in [-0.39, 0.29) is 12.3 Å². The predicted molar refractivity (Wildman–Crippen MR) is 87.9 cm³/mol. The minimum Gasteiger partial charge on any atom is -0.388 e. The fourth-order valence-corrected chi connectivity index (χ4v) is 3.94. The van der Waals surface area contributed by atoms with Gasteiger partial charge in [-0.1, -0.05) is 12.8 Å². The largest absolute Gasteiger partial charge is 0.388 e. The van der Waals surface area contributed by atoms with Crippen molar-refractivity contribution in [3.05, 3.63) is 18.0 Å². The average molecular weight is 320 g/mol. The van der Waals surface area contributed by atoms with Crippen LogP contribution in [0.1, 0.15) is 56.7 Å². The van der Waals surface area contributed by atoms with Crippen molar-refractivity contribution >= 4 is 5.91 Å². The third-order valence-electron chi connectivity index (χ3n) is 5.15. The van der Waals surface area contributed by atoms with Crippen LogP contribution in [0.4, 0.5) is 0 Å². The molecule has 1 atom stereocenters. The van der Waals surface area contributed by atoms with Crippen LogP contribution in [0.2, 0.25) is 0 Å². The molecule has 1 saturated carbocycles. The molecule has 1 amide bonds. The quantitative estimate of drug-likeness (QED) is 0.862. The van der Waals surface area contributed by atoms with Gasteiger partial charge in [-0.3, -0.25) is 14.4 Å². The number of aromatic nitrogens is 2. The second kappa shape index (κ2) is 7.01. The Kier molecular flexibility index (Phi) is 5.02. The van der Waals surface area contributed by atoms with Gasteiger partial charge in [-0.2, -0.15) is 5.10 Å². The minimum absolute atomic E-state index is 0.0974. The zero-order valence-corrected chi connectivity index (χ0v) is 14.0. The number of carbonyl (C=O) groups is 1. The van der Waals surface area contributed by atoms with Crippen LogP contribution < -0.4 is 5.32 Å². The van der Waals surface area contributed by atoms with Crippen molar-refractivity contribution in [1.82, 2.24) is 20.0 Å². The maximum Gasteiger partial charge on any atom is 0.222 e. The molecule has 1 unspecified atom stereocenters. The molecule has 2 aliphatic rings. The number of nitrogens with zero attached hydrogens (tertiary/aromatic N) is 3. The number of piperidine rings is 1. The first-order chi connectivity index (χ1) is 11.1. The predicted octanol–water partition coefficient (Wildman–Crippen LogP) is 1.46. The lowest BCUT2D eigenvalue weighted by Gasteiger charge is -2.38. The molecule has 0 aromatic carbocycles. The summed E-state index contributed by atoms with van der Waals surface area (Å²) < 4.78 is 2.11. The molecule has 1 aromatic rings. The second-order valence-corrected chi connectivity index (χ2v) is 7.11. The van der Waals surface area contributed by atoms with Crippen molar-refractivity contribution in [2.24, 2.45) is 0 Å². The molecule has 128 valence electrons. The zero-order chi connectivity index (χ0) is 16.3. The van der Waals surface area contributed by atoms with Gasteiger partial charge in [0.15, 0.2) is 0 Å². The van der Waals surface area contributed by atoms with Crippen molar-refractivity contribution in [3.63, 3.8) is 0 Å². The second-order valence-electron chi connectivity index (χ2n) is 7.11. The minimum atomic E-state index is -0.910. The summed E-state index contributed by atoms with van der Waals surface area (Å²) in [6, 6.07) is 2.65. The van der Waals surface area contributed by atoms with Crippen LogP contribution in [0.5, 0.6) is 0 Å². The Hall–Kier alpha value is -1.40. The monoisotopic (exact) mass is 320 g/mol. The smallest absolute Gasteiger partial charge is 0.222 e. The maximum absolute atomic E-state index is 11.6. The van der Waals surface area contributed by atoms with Crippen molar-refractivity contribution in [2.75, 3.05) is 20.1 Å². The first kappa shape index (κ1) is 16.5. The normalized spacial score (nSPS) is 26.5. The van der Waals surface area contributed by atoms with E-state index in [9.17, 15) is 9.90 Å². The zero-order valence-electron chi connectivity index (χ0n) is 14.0. The molecule has 3 rings (SSSR count). The summed E-state index contributed by atoms with van der Waals surface area (Å²) in [7, 11) is 1.61. The van der Waals surface area contributed by atoms with Gasteiger partial charge in [0, 0.05) is 26.3 Å². The Morgan fingerprint density at radius 1 is 1.43 bits per heavy atom. The number of likely N-dealkylation sites (tertiary alicyclic amines) is 1. The summed E-state index contributed by atoms with van der Waals surface area (Å²) in [5, 5.41) is 18.0. The first-order valence-corrected chi connectivity index (χ1v) is 8.77. The summed E-state index contributed by atoms with van der Waals surface area (Å²) >= 11 is 0. The van der Waals surface area contributed by atoms with E-state index in [2.05, 4.69) is 27.2 Å². The van der Waals surface area contributed by atoms with Crippen molar-refractivity contribution in [2.45, 2.75) is 63.1 Å². The van der Waals surface area contributed by atoms with E-state index >= 15 is 0 Å². The third-order valence-corrected chi connectivity index (χ3v) is 5.15. The van der Waals surface area contributed by atoms with E-state index in [4.69, 9.17) is 5.10 Å². The van der Waals surface area contributed by atoms with Gasteiger partial charge in [0.25, 0.3) is 0 Å². The number of hydrogen-bond acceptors (Lipinski definition) is 4. The van der Waals surface area contributed by atoms with E-state index in [0.29, 0.717) is 19.0 Å². The number of hydrogen-bond donors (Lipinski definition) is 2.